The molecule has 0 aliphatic rings. The van der Waals surface area contributed by atoms with Crippen molar-refractivity contribution < 1.29 is 22.0 Å². The van der Waals surface area contributed by atoms with Crippen LogP contribution in [0, 0.1) is 19.7 Å². The lowest BCUT2D eigenvalue weighted by molar-refractivity contribution is 0.102. The molecule has 168 valence electrons. The zero-order chi connectivity index (χ0) is 23.6. The van der Waals surface area contributed by atoms with Crippen molar-refractivity contribution in [3.8, 4) is 11.5 Å². The molecule has 2 N–H and O–H groups in total. The molecule has 0 radical (unpaired) electrons. The second-order valence-corrected chi connectivity index (χ2v) is 8.97. The number of anilines is 2. The summed E-state index contributed by atoms with van der Waals surface area (Å²) in [5.74, 6) is -0.964. The fourth-order valence-corrected chi connectivity index (χ4v) is 4.18. The first-order valence-corrected chi connectivity index (χ1v) is 11.3. The Morgan fingerprint density at radius 2 is 1.70 bits per heavy atom. The molecule has 0 bridgehead atoms. The first-order chi connectivity index (χ1) is 15.7. The van der Waals surface area contributed by atoms with Gasteiger partial charge in [-0.2, -0.15) is 0 Å². The van der Waals surface area contributed by atoms with Crippen molar-refractivity contribution in [2.75, 3.05) is 10.0 Å². The number of hydrogen-bond donors (Lipinski definition) is 2. The molecule has 4 aromatic rings. The number of benzene rings is 3. The first-order valence-electron chi connectivity index (χ1n) is 9.83. The molecule has 4 rings (SSSR count). The van der Waals surface area contributed by atoms with Crippen LogP contribution in [0.4, 0.5) is 16.1 Å². The fourth-order valence-electron chi connectivity index (χ4n) is 3.10. The van der Waals surface area contributed by atoms with E-state index in [4.69, 9.17) is 4.42 Å². The van der Waals surface area contributed by atoms with E-state index in [0.717, 1.165) is 41.0 Å². The van der Waals surface area contributed by atoms with E-state index in [0.29, 0.717) is 0 Å². The third-order valence-corrected chi connectivity index (χ3v) is 6.19. The van der Waals surface area contributed by atoms with Crippen molar-refractivity contribution in [2.24, 2.45) is 0 Å². The normalized spacial score (nSPS) is 11.2. The highest BCUT2D eigenvalue weighted by molar-refractivity contribution is 7.92. The van der Waals surface area contributed by atoms with E-state index in [9.17, 15) is 17.6 Å². The molecule has 1 aromatic heterocycles. The maximum absolute atomic E-state index is 13.1. The van der Waals surface area contributed by atoms with Gasteiger partial charge in [0.1, 0.15) is 5.82 Å². The number of aryl methyl sites for hydroxylation is 2. The summed E-state index contributed by atoms with van der Waals surface area (Å²) in [6, 6.07) is 16.0. The van der Waals surface area contributed by atoms with E-state index in [1.165, 1.54) is 12.1 Å². The van der Waals surface area contributed by atoms with Crippen LogP contribution >= 0.6 is 0 Å². The van der Waals surface area contributed by atoms with E-state index in [-0.39, 0.29) is 28.1 Å². The number of nitrogens with one attached hydrogen (secondary N) is 2. The van der Waals surface area contributed by atoms with Crippen molar-refractivity contribution in [2.45, 2.75) is 18.7 Å². The fraction of sp³-hybridized carbons (Fsp3) is 0.0870. The average molecular weight is 466 g/mol. The van der Waals surface area contributed by atoms with Crippen LogP contribution in [0.2, 0.25) is 0 Å². The summed E-state index contributed by atoms with van der Waals surface area (Å²) in [6.45, 7) is 3.84. The largest absolute Gasteiger partial charge is 0.403 e. The van der Waals surface area contributed by atoms with Gasteiger partial charge in [-0.3, -0.25) is 14.8 Å². The number of sulfonamides is 1. The van der Waals surface area contributed by atoms with Gasteiger partial charge in [-0.1, -0.05) is 34.9 Å². The van der Waals surface area contributed by atoms with Gasteiger partial charge in [0, 0.05) is 5.56 Å². The number of carbonyl (C=O) groups excluding carboxylic acids is 1. The molecule has 10 heteroatoms. The molecule has 0 atom stereocenters. The van der Waals surface area contributed by atoms with E-state index in [1.54, 1.807) is 12.1 Å². The third-order valence-electron chi connectivity index (χ3n) is 4.81. The summed E-state index contributed by atoms with van der Waals surface area (Å²) in [4.78, 5) is 12.7. The van der Waals surface area contributed by atoms with Crippen LogP contribution in [0.15, 0.2) is 76.0 Å². The standard InChI is InChI=1S/C23H19FN4O4S/c1-14-7-8-15(2)19(13-14)22-26-27-23(32-22)25-21(29)18-5-3-4-6-20(18)28-33(30,31)17-11-9-16(24)10-12-17/h3-13,28H,1-2H3,(H,25,27,29). The number of hydrogen-bond acceptors (Lipinski definition) is 6. The molecule has 3 aromatic carbocycles. The van der Waals surface area contributed by atoms with E-state index in [1.807, 2.05) is 32.0 Å². The highest BCUT2D eigenvalue weighted by Crippen LogP contribution is 2.26. The second-order valence-electron chi connectivity index (χ2n) is 7.29. The molecule has 1 heterocycles. The van der Waals surface area contributed by atoms with Crippen molar-refractivity contribution in [1.29, 1.82) is 0 Å². The summed E-state index contributed by atoms with van der Waals surface area (Å²) in [5, 5.41) is 10.3. The number of carbonyl (C=O) groups is 1. The lowest BCUT2D eigenvalue weighted by Crippen LogP contribution is -2.18. The number of para-hydroxylation sites is 1. The Morgan fingerprint density at radius 1 is 0.970 bits per heavy atom. The summed E-state index contributed by atoms with van der Waals surface area (Å²) in [6.07, 6.45) is 0. The summed E-state index contributed by atoms with van der Waals surface area (Å²) < 4.78 is 46.4. The van der Waals surface area contributed by atoms with Gasteiger partial charge < -0.3 is 4.42 Å². The predicted octanol–water partition coefficient (Wildman–Crippen LogP) is 4.55. The number of aromatic nitrogens is 2. The van der Waals surface area contributed by atoms with Crippen LogP contribution in [0.5, 0.6) is 0 Å². The Bertz CT molecular complexity index is 1430. The predicted molar refractivity (Wildman–Crippen MR) is 121 cm³/mol. The number of amides is 1. The van der Waals surface area contributed by atoms with Crippen LogP contribution in [0.1, 0.15) is 21.5 Å². The zero-order valence-electron chi connectivity index (χ0n) is 17.7. The Hall–Kier alpha value is -4.05. The number of rotatable bonds is 6. The summed E-state index contributed by atoms with van der Waals surface area (Å²) >= 11 is 0. The average Bonchev–Trinajstić information content (AvgIpc) is 3.24. The molecular formula is C23H19FN4O4S. The van der Waals surface area contributed by atoms with E-state index >= 15 is 0 Å². The molecule has 0 spiro atoms. The number of halogens is 1. The van der Waals surface area contributed by atoms with Gasteiger partial charge in [-0.05, 0) is 61.9 Å². The van der Waals surface area contributed by atoms with Gasteiger partial charge in [0.05, 0.1) is 16.1 Å². The minimum Gasteiger partial charge on any atom is -0.403 e. The lowest BCUT2D eigenvalue weighted by Gasteiger charge is -2.12. The van der Waals surface area contributed by atoms with Gasteiger partial charge in [0.25, 0.3) is 15.9 Å². The Labute approximate surface area is 189 Å². The van der Waals surface area contributed by atoms with E-state index in [2.05, 4.69) is 20.2 Å². The third kappa shape index (κ3) is 4.90. The van der Waals surface area contributed by atoms with Crippen LogP contribution in [-0.4, -0.2) is 24.5 Å². The molecule has 0 aliphatic carbocycles. The summed E-state index contributed by atoms with van der Waals surface area (Å²) in [7, 11) is -4.05. The van der Waals surface area contributed by atoms with Gasteiger partial charge in [0.2, 0.25) is 5.89 Å². The Kier molecular flexibility index (Phi) is 5.93. The van der Waals surface area contributed by atoms with Crippen LogP contribution in [0.3, 0.4) is 0 Å². The van der Waals surface area contributed by atoms with Crippen molar-refractivity contribution in [3.05, 3.63) is 89.2 Å². The maximum Gasteiger partial charge on any atom is 0.322 e. The molecule has 0 unspecified atom stereocenters. The minimum atomic E-state index is -4.05. The SMILES string of the molecule is Cc1ccc(C)c(-c2nnc(NC(=O)c3ccccc3NS(=O)(=O)c3ccc(F)cc3)o2)c1. The lowest BCUT2D eigenvalue weighted by atomic mass is 10.1. The van der Waals surface area contributed by atoms with Gasteiger partial charge in [-0.25, -0.2) is 12.8 Å². The van der Waals surface area contributed by atoms with Crippen LogP contribution in [0.25, 0.3) is 11.5 Å². The van der Waals surface area contributed by atoms with Gasteiger partial charge >= 0.3 is 6.01 Å². The number of nitrogens with zero attached hydrogens (tertiary/aromatic N) is 2. The Balaban J connectivity index is 1.56. The minimum absolute atomic E-state index is 0.0357. The topological polar surface area (TPSA) is 114 Å². The monoisotopic (exact) mass is 466 g/mol. The van der Waals surface area contributed by atoms with Crippen LogP contribution < -0.4 is 10.0 Å². The zero-order valence-corrected chi connectivity index (χ0v) is 18.5. The molecule has 1 amide bonds. The smallest absolute Gasteiger partial charge is 0.322 e. The molecule has 0 saturated heterocycles. The molecule has 0 aliphatic heterocycles. The maximum atomic E-state index is 13.1. The van der Waals surface area contributed by atoms with Crippen molar-refractivity contribution in [1.82, 2.24) is 10.2 Å². The van der Waals surface area contributed by atoms with Gasteiger partial charge in [0.15, 0.2) is 0 Å². The van der Waals surface area contributed by atoms with E-state index < -0.39 is 21.7 Å². The van der Waals surface area contributed by atoms with Crippen LogP contribution in [-0.2, 0) is 10.0 Å². The van der Waals surface area contributed by atoms with Crippen molar-refractivity contribution in [3.63, 3.8) is 0 Å². The van der Waals surface area contributed by atoms with Gasteiger partial charge in [-0.15, -0.1) is 5.10 Å². The first kappa shape index (κ1) is 22.2. The van der Waals surface area contributed by atoms with Crippen molar-refractivity contribution >= 4 is 27.6 Å². The second kappa shape index (κ2) is 8.83. The quantitative estimate of drug-likeness (QED) is 0.431. The molecule has 8 nitrogen and oxygen atoms in total. The highest BCUT2D eigenvalue weighted by atomic mass is 32.2. The Morgan fingerprint density at radius 3 is 2.45 bits per heavy atom. The highest BCUT2D eigenvalue weighted by Gasteiger charge is 2.20. The molecule has 0 saturated carbocycles. The summed E-state index contributed by atoms with van der Waals surface area (Å²) in [5.41, 5.74) is 2.77. The molecule has 33 heavy (non-hydrogen) atoms. The molecular weight excluding hydrogens is 447 g/mol. The molecule has 0 fully saturated rings.